The number of nitrogens with one attached hydrogen (secondary N) is 2. The van der Waals surface area contributed by atoms with Gasteiger partial charge < -0.3 is 14.8 Å². The van der Waals surface area contributed by atoms with E-state index in [1.54, 1.807) is 7.11 Å². The molecule has 3 saturated heterocycles. The summed E-state index contributed by atoms with van der Waals surface area (Å²) >= 11 is 0. The molecular weight excluding hydrogens is 751 g/mol. The van der Waals surface area contributed by atoms with Crippen molar-refractivity contribution in [3.63, 3.8) is 0 Å². The van der Waals surface area contributed by atoms with Gasteiger partial charge in [0.15, 0.2) is 0 Å². The summed E-state index contributed by atoms with van der Waals surface area (Å²) in [5, 5.41) is 6.69. The molecule has 59 heavy (non-hydrogen) atoms. The number of anilines is 2. The van der Waals surface area contributed by atoms with E-state index in [2.05, 4.69) is 87.1 Å². The lowest BCUT2D eigenvalue weighted by molar-refractivity contribution is -0.0401. The van der Waals surface area contributed by atoms with Crippen molar-refractivity contribution >= 4 is 33.8 Å². The number of rotatable bonds is 26. The van der Waals surface area contributed by atoms with Crippen molar-refractivity contribution < 1.29 is 18.5 Å². The predicted molar refractivity (Wildman–Crippen MR) is 251 cm³/mol. The van der Waals surface area contributed by atoms with Crippen LogP contribution >= 0.6 is 0 Å². The molecule has 3 fully saturated rings. The van der Waals surface area contributed by atoms with Gasteiger partial charge >= 0.3 is 6.09 Å². The number of hydrogen-bond acceptors (Lipinski definition) is 6. The van der Waals surface area contributed by atoms with Crippen LogP contribution in [0.15, 0.2) is 55.1 Å². The van der Waals surface area contributed by atoms with Crippen LogP contribution in [-0.2, 0) is 15.5 Å². The minimum absolute atomic E-state index is 0.0678. The first-order chi connectivity index (χ1) is 28.7. The Labute approximate surface area is 361 Å². The number of nitrogens with zero attached hydrogens (tertiary/aromatic N) is 1. The first-order valence-corrected chi connectivity index (χ1v) is 25.0. The van der Waals surface area contributed by atoms with Crippen LogP contribution in [0.25, 0.3) is 5.57 Å². The van der Waals surface area contributed by atoms with E-state index in [0.29, 0.717) is 18.4 Å². The van der Waals surface area contributed by atoms with E-state index in [1.165, 1.54) is 89.9 Å². The minimum atomic E-state index is -1.01. The molecule has 4 aliphatic rings. The third-order valence-electron chi connectivity index (χ3n) is 13.3. The molecule has 2 N–H and O–H groups in total. The number of carbonyl (C=O) groups excluding carboxylic acids is 1. The van der Waals surface area contributed by atoms with E-state index in [0.717, 1.165) is 77.4 Å². The van der Waals surface area contributed by atoms with Crippen molar-refractivity contribution in [3.8, 4) is 5.75 Å². The monoisotopic (exact) mass is 830 g/mol. The number of unbranched alkanes of at least 4 members (excludes halogenated alkanes) is 15. The highest BCUT2D eigenvalue weighted by Gasteiger charge is 2.50. The fourth-order valence-corrected chi connectivity index (χ4v) is 11.6. The molecule has 328 valence electrons. The number of carbonyl (C=O) groups is 1. The average Bonchev–Trinajstić information content (AvgIpc) is 3.24. The molecule has 0 saturated carbocycles. The summed E-state index contributed by atoms with van der Waals surface area (Å²) in [6, 6.07) is 12.2. The second-order valence-corrected chi connectivity index (χ2v) is 20.0. The molecule has 4 aliphatic heterocycles. The molecule has 0 radical (unpaired) electrons. The lowest BCUT2D eigenvalue weighted by Crippen LogP contribution is -2.63. The SMILES string of the molecule is C=C[C@H]1CN2C(S(=O)CCCCCCCCCCCCCCCCCC)CC1C[C@H]2[C@H](OC(=O)Nc1c(C(C)C)cccc1C(C)C)C1=CCNc2ccc(OC)cc21. The number of piperidine rings is 3. The van der Waals surface area contributed by atoms with Gasteiger partial charge in [-0.1, -0.05) is 161 Å². The standard InChI is InChI=1S/C51H79N3O4S/c1-8-10-11-12-13-14-15-16-17-18-19-20-21-22-23-24-32-59(56)48-34-40-33-47(54(48)36-39(40)9-2)50(44-30-31-52-46-29-28-41(57-7)35-45(44)46)58-51(55)53-49-42(37(3)4)26-25-27-43(49)38(5)6/h9,25-30,35,37-40,47-48,50,52H,2,8,10-24,31-34,36H2,1,3-7H3,(H,53,55)/t39-,40?,47-,48?,50+,59?/m0/s1. The highest BCUT2D eigenvalue weighted by atomic mass is 32.2. The topological polar surface area (TPSA) is 79.9 Å². The largest absolute Gasteiger partial charge is 0.497 e. The molecule has 4 unspecified atom stereocenters. The number of ether oxygens (including phenoxy) is 2. The lowest BCUT2D eigenvalue weighted by atomic mass is 9.72. The van der Waals surface area contributed by atoms with E-state index in [4.69, 9.17) is 9.47 Å². The predicted octanol–water partition coefficient (Wildman–Crippen LogP) is 13.6. The molecule has 0 spiro atoms. The van der Waals surface area contributed by atoms with Gasteiger partial charge in [0.05, 0.1) is 24.2 Å². The zero-order valence-corrected chi connectivity index (χ0v) is 38.5. The summed E-state index contributed by atoms with van der Waals surface area (Å²) < 4.78 is 26.7. The number of amides is 1. The van der Waals surface area contributed by atoms with Crippen molar-refractivity contribution in [1.29, 1.82) is 0 Å². The second kappa shape index (κ2) is 24.4. The number of para-hydroxylation sites is 1. The van der Waals surface area contributed by atoms with Crippen molar-refractivity contribution in [3.05, 3.63) is 71.8 Å². The molecule has 7 nitrogen and oxygen atoms in total. The van der Waals surface area contributed by atoms with Gasteiger partial charge in [-0.25, -0.2) is 4.79 Å². The van der Waals surface area contributed by atoms with Crippen LogP contribution in [0.5, 0.6) is 5.75 Å². The van der Waals surface area contributed by atoms with Gasteiger partial charge in [0.2, 0.25) is 0 Å². The quantitative estimate of drug-likeness (QED) is 0.0726. The van der Waals surface area contributed by atoms with Crippen LogP contribution in [0.2, 0.25) is 0 Å². The maximum absolute atomic E-state index is 14.3. The van der Waals surface area contributed by atoms with Gasteiger partial charge in [-0.2, -0.15) is 0 Å². The van der Waals surface area contributed by atoms with Crippen molar-refractivity contribution in [1.82, 2.24) is 4.90 Å². The van der Waals surface area contributed by atoms with Crippen LogP contribution in [0.4, 0.5) is 16.2 Å². The Balaban J connectivity index is 1.23. The van der Waals surface area contributed by atoms with Crippen molar-refractivity contribution in [2.75, 3.05) is 36.6 Å². The Kier molecular flexibility index (Phi) is 19.4. The van der Waals surface area contributed by atoms with Gasteiger partial charge in [0.25, 0.3) is 0 Å². The molecule has 8 heteroatoms. The zero-order valence-electron chi connectivity index (χ0n) is 37.7. The van der Waals surface area contributed by atoms with E-state index >= 15 is 0 Å². The van der Waals surface area contributed by atoms with Gasteiger partial charge in [-0.05, 0) is 72.3 Å². The first kappa shape index (κ1) is 47.0. The lowest BCUT2D eigenvalue weighted by Gasteiger charge is -2.55. The fraction of sp³-hybridized carbons (Fsp3) is 0.667. The molecule has 6 rings (SSSR count). The van der Waals surface area contributed by atoms with Gasteiger partial charge in [0, 0.05) is 46.5 Å². The summed E-state index contributed by atoms with van der Waals surface area (Å²) in [5.41, 5.74) is 5.99. The van der Waals surface area contributed by atoms with Crippen LogP contribution < -0.4 is 15.4 Å². The molecule has 2 bridgehead atoms. The zero-order chi connectivity index (χ0) is 42.1. The van der Waals surface area contributed by atoms with Crippen LogP contribution in [0.1, 0.15) is 179 Å². The fourth-order valence-electron chi connectivity index (χ4n) is 9.88. The third kappa shape index (κ3) is 13.2. The minimum Gasteiger partial charge on any atom is -0.497 e. The third-order valence-corrected chi connectivity index (χ3v) is 15.1. The molecule has 1 amide bonds. The molecule has 2 aromatic rings. The number of benzene rings is 2. The highest BCUT2D eigenvalue weighted by Crippen LogP contribution is 2.46. The van der Waals surface area contributed by atoms with E-state index in [-0.39, 0.29) is 23.3 Å². The van der Waals surface area contributed by atoms with E-state index in [9.17, 15) is 9.00 Å². The first-order valence-electron chi connectivity index (χ1n) is 23.6. The molecule has 0 aliphatic carbocycles. The average molecular weight is 830 g/mol. The van der Waals surface area contributed by atoms with Gasteiger partial charge in [0.1, 0.15) is 11.9 Å². The Morgan fingerprint density at radius 3 is 2.02 bits per heavy atom. The Morgan fingerprint density at radius 2 is 1.47 bits per heavy atom. The van der Waals surface area contributed by atoms with E-state index < -0.39 is 23.0 Å². The van der Waals surface area contributed by atoms with Crippen LogP contribution in [0, 0.1) is 11.8 Å². The molecular formula is C51H79N3O4S. The highest BCUT2D eigenvalue weighted by molar-refractivity contribution is 7.85. The smallest absolute Gasteiger partial charge is 0.412 e. The number of fused-ring (bicyclic) bond motifs is 4. The van der Waals surface area contributed by atoms with Crippen molar-refractivity contribution in [2.24, 2.45) is 11.8 Å². The maximum Gasteiger partial charge on any atom is 0.412 e. The van der Waals surface area contributed by atoms with Gasteiger partial charge in [-0.3, -0.25) is 14.4 Å². The second-order valence-electron chi connectivity index (χ2n) is 18.3. The van der Waals surface area contributed by atoms with Crippen LogP contribution in [-0.4, -0.2) is 58.7 Å². The molecule has 7 atom stereocenters. The van der Waals surface area contributed by atoms with E-state index in [1.807, 2.05) is 18.2 Å². The normalized spacial score (nSPS) is 22.0. The van der Waals surface area contributed by atoms with Crippen LogP contribution in [0.3, 0.4) is 0 Å². The molecule has 0 aromatic heterocycles. The number of methoxy groups -OCH3 is 1. The maximum atomic E-state index is 14.3. The van der Waals surface area contributed by atoms with Crippen molar-refractivity contribution in [2.45, 2.75) is 180 Å². The number of hydrogen-bond donors (Lipinski definition) is 2. The molecule has 2 aromatic carbocycles. The summed E-state index contributed by atoms with van der Waals surface area (Å²) in [6.45, 7) is 16.5. The molecule has 4 heterocycles. The Morgan fingerprint density at radius 1 is 0.881 bits per heavy atom. The summed E-state index contributed by atoms with van der Waals surface area (Å²) in [7, 11) is 0.672. The summed E-state index contributed by atoms with van der Waals surface area (Å²) in [4.78, 5) is 16.8. The summed E-state index contributed by atoms with van der Waals surface area (Å²) in [6.07, 6.45) is 26.2. The summed E-state index contributed by atoms with van der Waals surface area (Å²) in [5.74, 6) is 2.59. The Bertz CT molecular complexity index is 1650. The Hall–Kier alpha value is -3.10. The van der Waals surface area contributed by atoms with Gasteiger partial charge in [-0.15, -0.1) is 6.58 Å².